The monoisotopic (exact) mass is 269 g/mol. The van der Waals surface area contributed by atoms with Crippen molar-refractivity contribution >= 4 is 19.0 Å². The number of hydrogen-bond donors (Lipinski definition) is 0. The van der Waals surface area contributed by atoms with E-state index in [1.165, 1.54) is 11.1 Å². The molecule has 0 aliphatic carbocycles. The summed E-state index contributed by atoms with van der Waals surface area (Å²) in [4.78, 5) is 0. The summed E-state index contributed by atoms with van der Waals surface area (Å²) in [6, 6.07) is 12.0. The van der Waals surface area contributed by atoms with Gasteiger partial charge in [-0.1, -0.05) is 44.6 Å². The van der Waals surface area contributed by atoms with Crippen LogP contribution in [0.15, 0.2) is 36.4 Å². The minimum Gasteiger partial charge on any atom is -0.823 e. The van der Waals surface area contributed by atoms with Crippen LogP contribution in [0.2, 0.25) is 0 Å². The molecule has 0 aromatic heterocycles. The Hall–Kier alpha value is -1.43. The van der Waals surface area contributed by atoms with Gasteiger partial charge in [0, 0.05) is 5.30 Å². The van der Waals surface area contributed by atoms with Crippen molar-refractivity contribution in [2.45, 2.75) is 27.7 Å². The normalized spacial score (nSPS) is 11.7. The predicted molar refractivity (Wildman–Crippen MR) is 82.5 cm³/mol. The molecule has 0 aliphatic heterocycles. The van der Waals surface area contributed by atoms with Crippen LogP contribution in [0, 0.1) is 27.7 Å². The van der Waals surface area contributed by atoms with E-state index in [2.05, 4.69) is 19.9 Å². The molecule has 19 heavy (non-hydrogen) atoms. The van der Waals surface area contributed by atoms with Crippen molar-refractivity contribution in [1.82, 2.24) is 0 Å². The Morgan fingerprint density at radius 2 is 1.53 bits per heavy atom. The van der Waals surface area contributed by atoms with Crippen LogP contribution in [0.25, 0.3) is 0 Å². The lowest BCUT2D eigenvalue weighted by molar-refractivity contribution is -0.207. The van der Waals surface area contributed by atoms with Crippen molar-refractivity contribution in [2.75, 3.05) is 0 Å². The highest BCUT2D eigenvalue weighted by Crippen LogP contribution is 2.22. The average molecular weight is 269 g/mol. The highest BCUT2D eigenvalue weighted by molar-refractivity contribution is 7.49. The topological polar surface area (TPSA) is 23.1 Å². The van der Waals surface area contributed by atoms with Crippen molar-refractivity contribution in [2.24, 2.45) is 0 Å². The summed E-state index contributed by atoms with van der Waals surface area (Å²) < 4.78 is 0. The first-order valence-corrected chi connectivity index (χ1v) is 7.28. The van der Waals surface area contributed by atoms with Gasteiger partial charge in [0.25, 0.3) is 0 Å². The van der Waals surface area contributed by atoms with Crippen molar-refractivity contribution < 1.29 is 5.11 Å². The van der Waals surface area contributed by atoms with Crippen LogP contribution in [0.1, 0.15) is 27.8 Å². The molecule has 0 fully saturated rings. The molecule has 0 saturated carbocycles. The first kappa shape index (κ1) is 14.0. The molecule has 0 amide bonds. The first-order chi connectivity index (χ1) is 9.00. The Balaban J connectivity index is 2.54. The standard InChI is InChI=1S/C17H19OP/c1-11-10-12(2)16(14(4)13(11)3)17(18)19-15-8-6-5-7-9-15/h5-10,18H,1-4H3/p-1. The summed E-state index contributed by atoms with van der Waals surface area (Å²) in [5.41, 5.74) is 5.73. The molecule has 0 bridgehead atoms. The van der Waals surface area contributed by atoms with Gasteiger partial charge in [0.15, 0.2) is 0 Å². The molecule has 2 aromatic carbocycles. The second-order valence-electron chi connectivity index (χ2n) is 4.89. The predicted octanol–water partition coefficient (Wildman–Crippen LogP) is 3.03. The first-order valence-electron chi connectivity index (χ1n) is 6.39. The maximum absolute atomic E-state index is 12.5. The number of benzene rings is 2. The van der Waals surface area contributed by atoms with Gasteiger partial charge >= 0.3 is 0 Å². The Bertz CT molecular complexity index is 627. The van der Waals surface area contributed by atoms with Gasteiger partial charge in [0.1, 0.15) is 0 Å². The van der Waals surface area contributed by atoms with Gasteiger partial charge in [0.2, 0.25) is 0 Å². The second kappa shape index (κ2) is 5.69. The van der Waals surface area contributed by atoms with Gasteiger partial charge in [0.05, 0.1) is 0 Å². The molecule has 2 rings (SSSR count). The summed E-state index contributed by atoms with van der Waals surface area (Å²) in [5, 5.41) is 13.6. The Morgan fingerprint density at radius 3 is 2.16 bits per heavy atom. The van der Waals surface area contributed by atoms with E-state index >= 15 is 0 Å². The summed E-state index contributed by atoms with van der Waals surface area (Å²) in [6.45, 7) is 8.25. The smallest absolute Gasteiger partial charge is 0.000806 e. The number of hydrogen-bond acceptors (Lipinski definition) is 1. The highest BCUT2D eigenvalue weighted by atomic mass is 31.1. The van der Waals surface area contributed by atoms with Crippen molar-refractivity contribution in [1.29, 1.82) is 0 Å². The third-order valence-electron chi connectivity index (χ3n) is 3.56. The zero-order valence-corrected chi connectivity index (χ0v) is 12.7. The maximum Gasteiger partial charge on any atom is 0.000806 e. The third kappa shape index (κ3) is 2.94. The van der Waals surface area contributed by atoms with Gasteiger partial charge in [-0.15, -0.1) is 5.48 Å². The highest BCUT2D eigenvalue weighted by Gasteiger charge is 2.07. The molecule has 0 radical (unpaired) electrons. The number of aryl methyl sites for hydroxylation is 2. The zero-order chi connectivity index (χ0) is 14.0. The quantitative estimate of drug-likeness (QED) is 0.768. The van der Waals surface area contributed by atoms with Gasteiger partial charge in [-0.25, -0.2) is 0 Å². The minimum atomic E-state index is 0.185. The van der Waals surface area contributed by atoms with E-state index in [1.54, 1.807) is 0 Å². The molecule has 0 saturated heterocycles. The molecular weight excluding hydrogens is 251 g/mol. The fourth-order valence-electron chi connectivity index (χ4n) is 2.29. The van der Waals surface area contributed by atoms with Gasteiger partial charge < -0.3 is 5.11 Å². The lowest BCUT2D eigenvalue weighted by atomic mass is 9.95. The van der Waals surface area contributed by atoms with Crippen LogP contribution >= 0.6 is 8.20 Å². The largest absolute Gasteiger partial charge is 0.823 e. The molecule has 0 N–H and O–H groups in total. The molecule has 0 heterocycles. The minimum absolute atomic E-state index is 0.185. The molecule has 2 heteroatoms. The van der Waals surface area contributed by atoms with Crippen LogP contribution in [0.5, 0.6) is 0 Å². The zero-order valence-electron chi connectivity index (χ0n) is 11.8. The van der Waals surface area contributed by atoms with Gasteiger partial charge in [-0.3, -0.25) is 0 Å². The Kier molecular flexibility index (Phi) is 4.19. The van der Waals surface area contributed by atoms with Crippen LogP contribution in [-0.2, 0) is 0 Å². The van der Waals surface area contributed by atoms with E-state index in [1.807, 2.05) is 44.2 Å². The Morgan fingerprint density at radius 1 is 0.895 bits per heavy atom. The lowest BCUT2D eigenvalue weighted by Crippen LogP contribution is -2.21. The summed E-state index contributed by atoms with van der Waals surface area (Å²) >= 11 is 0. The molecule has 1 nitrogen and oxygen atoms in total. The number of rotatable bonds is 2. The molecule has 98 valence electrons. The van der Waals surface area contributed by atoms with Crippen molar-refractivity contribution in [3.63, 3.8) is 0 Å². The summed E-state index contributed by atoms with van der Waals surface area (Å²) in [7, 11) is 0.752. The van der Waals surface area contributed by atoms with E-state index in [9.17, 15) is 5.11 Å². The van der Waals surface area contributed by atoms with Gasteiger partial charge in [-0.2, -0.15) is 0 Å². The van der Waals surface area contributed by atoms with Crippen molar-refractivity contribution in [3.8, 4) is 0 Å². The fraction of sp³-hybridized carbons (Fsp3) is 0.235. The van der Waals surface area contributed by atoms with Crippen LogP contribution in [0.3, 0.4) is 0 Å². The summed E-state index contributed by atoms with van der Waals surface area (Å²) in [5.74, 6) is 0. The SMILES string of the molecule is Cc1cc(C)c(C([O-])=Pc2ccccc2)c(C)c1C. The third-order valence-corrected chi connectivity index (χ3v) is 4.54. The average Bonchev–Trinajstić information content (AvgIpc) is 2.37. The van der Waals surface area contributed by atoms with E-state index < -0.39 is 0 Å². The lowest BCUT2D eigenvalue weighted by Gasteiger charge is -2.21. The van der Waals surface area contributed by atoms with Crippen LogP contribution in [0.4, 0.5) is 0 Å². The van der Waals surface area contributed by atoms with Crippen molar-refractivity contribution in [3.05, 3.63) is 64.2 Å². The maximum atomic E-state index is 12.5. The van der Waals surface area contributed by atoms with E-state index in [0.717, 1.165) is 30.2 Å². The van der Waals surface area contributed by atoms with E-state index in [4.69, 9.17) is 0 Å². The molecule has 2 aromatic rings. The molecular formula is C17H18OP-. The Labute approximate surface area is 116 Å². The van der Waals surface area contributed by atoms with Gasteiger partial charge in [-0.05, 0) is 55.5 Å². The molecule has 0 unspecified atom stereocenters. The second-order valence-corrected chi connectivity index (χ2v) is 6.03. The van der Waals surface area contributed by atoms with Crippen LogP contribution in [-0.4, -0.2) is 5.48 Å². The molecule has 0 atom stereocenters. The molecule has 0 spiro atoms. The van der Waals surface area contributed by atoms with E-state index in [-0.39, 0.29) is 5.48 Å². The van der Waals surface area contributed by atoms with E-state index in [0.29, 0.717) is 0 Å². The fourth-order valence-corrected chi connectivity index (χ4v) is 3.30. The molecule has 0 aliphatic rings. The summed E-state index contributed by atoms with van der Waals surface area (Å²) in [6.07, 6.45) is 0. The van der Waals surface area contributed by atoms with Crippen LogP contribution < -0.4 is 10.4 Å².